The van der Waals surface area contributed by atoms with Crippen molar-refractivity contribution in [2.24, 2.45) is 0 Å². The molecular weight excluding hydrogens is 108 g/mol. The fourth-order valence-electron chi connectivity index (χ4n) is 0.323. The lowest BCUT2D eigenvalue weighted by Crippen LogP contribution is -1.75. The van der Waals surface area contributed by atoms with Crippen molar-refractivity contribution in [3.63, 3.8) is 0 Å². The summed E-state index contributed by atoms with van der Waals surface area (Å²) in [5, 5.41) is 3.91. The number of hydrogen-bond acceptors (Lipinski definition) is 2. The fourth-order valence-corrected chi connectivity index (χ4v) is 0.746. The molecule has 0 N–H and O–H groups in total. The number of rotatable bonds is 0. The van der Waals surface area contributed by atoms with Gasteiger partial charge in [-0.05, 0) is 11.5 Å². The third-order valence-corrected chi connectivity index (χ3v) is 1.22. The van der Waals surface area contributed by atoms with Gasteiger partial charge in [-0.3, -0.25) is 0 Å². The topological polar surface area (TPSA) is 9.23 Å². The predicted molar refractivity (Wildman–Crippen MR) is 31.8 cm³/mol. The van der Waals surface area contributed by atoms with E-state index in [1.54, 1.807) is 18.0 Å². The van der Waals surface area contributed by atoms with Gasteiger partial charge in [-0.25, -0.2) is 0 Å². The Labute approximate surface area is 47.1 Å². The van der Waals surface area contributed by atoms with Crippen molar-refractivity contribution in [1.29, 1.82) is 0 Å². The highest BCUT2D eigenvalue weighted by atomic mass is 32.2. The Hall–Kier alpha value is -0.370. The van der Waals surface area contributed by atoms with Crippen LogP contribution in [-0.2, 0) is 4.74 Å². The third-order valence-electron chi connectivity index (χ3n) is 0.598. The predicted octanol–water partition coefficient (Wildman–Crippen LogP) is 1.73. The van der Waals surface area contributed by atoms with Gasteiger partial charge in [0.2, 0.25) is 0 Å². The molecule has 0 saturated heterocycles. The quantitative estimate of drug-likeness (QED) is 0.474. The maximum atomic E-state index is 4.91. The molecule has 1 rings (SSSR count). The van der Waals surface area contributed by atoms with Gasteiger partial charge in [-0.1, -0.05) is 0 Å². The molecule has 0 atom stereocenters. The van der Waals surface area contributed by atoms with E-state index in [2.05, 4.69) is 0 Å². The number of hydrogen-bond donors (Lipinski definition) is 0. The summed E-state index contributed by atoms with van der Waals surface area (Å²) in [4.78, 5) is 0. The molecule has 0 unspecified atom stereocenters. The minimum absolute atomic E-state index is 0.712. The maximum absolute atomic E-state index is 4.91. The normalized spacial score (nSPS) is 18.3. The first-order valence-corrected chi connectivity index (χ1v) is 3.01. The second-order valence-corrected chi connectivity index (χ2v) is 1.93. The van der Waals surface area contributed by atoms with Crippen LogP contribution in [0.4, 0.5) is 0 Å². The molecule has 0 aromatic heterocycles. The van der Waals surface area contributed by atoms with E-state index in [0.717, 1.165) is 0 Å². The SMILES string of the molecule is C1=CSC=COC1. The molecule has 0 radical (unpaired) electrons. The zero-order chi connectivity index (χ0) is 4.95. The Morgan fingerprint density at radius 3 is 3.43 bits per heavy atom. The minimum Gasteiger partial charge on any atom is -0.497 e. The second kappa shape index (κ2) is 2.75. The molecule has 0 aromatic carbocycles. The zero-order valence-corrected chi connectivity index (χ0v) is 4.65. The fraction of sp³-hybridized carbons (Fsp3) is 0.200. The lowest BCUT2D eigenvalue weighted by atomic mass is 10.7. The van der Waals surface area contributed by atoms with E-state index in [9.17, 15) is 0 Å². The van der Waals surface area contributed by atoms with Crippen LogP contribution in [0, 0.1) is 0 Å². The van der Waals surface area contributed by atoms with E-state index < -0.39 is 0 Å². The van der Waals surface area contributed by atoms with E-state index in [0.29, 0.717) is 6.61 Å². The van der Waals surface area contributed by atoms with E-state index in [-0.39, 0.29) is 0 Å². The number of ether oxygens (including phenoxy) is 1. The molecule has 1 heterocycles. The lowest BCUT2D eigenvalue weighted by molar-refractivity contribution is 0.291. The molecule has 2 heteroatoms. The molecule has 0 saturated carbocycles. The van der Waals surface area contributed by atoms with Gasteiger partial charge < -0.3 is 4.74 Å². The molecule has 0 spiro atoms. The van der Waals surface area contributed by atoms with Gasteiger partial charge in [0.15, 0.2) is 0 Å². The van der Waals surface area contributed by atoms with Gasteiger partial charge in [0.05, 0.1) is 6.26 Å². The average molecular weight is 114 g/mol. The van der Waals surface area contributed by atoms with Crippen LogP contribution in [0.15, 0.2) is 23.2 Å². The van der Waals surface area contributed by atoms with Crippen molar-refractivity contribution in [2.45, 2.75) is 0 Å². The van der Waals surface area contributed by atoms with Crippen LogP contribution in [0.3, 0.4) is 0 Å². The van der Waals surface area contributed by atoms with Crippen LogP contribution in [0.2, 0.25) is 0 Å². The summed E-state index contributed by atoms with van der Waals surface area (Å²) in [5.41, 5.74) is 0. The molecule has 0 aliphatic carbocycles. The summed E-state index contributed by atoms with van der Waals surface area (Å²) in [5.74, 6) is 0. The van der Waals surface area contributed by atoms with Crippen molar-refractivity contribution in [3.8, 4) is 0 Å². The lowest BCUT2D eigenvalue weighted by Gasteiger charge is -1.86. The Bertz CT molecular complexity index is 84.3. The molecule has 0 bridgehead atoms. The highest BCUT2D eigenvalue weighted by Gasteiger charge is 1.78. The largest absolute Gasteiger partial charge is 0.497 e. The molecule has 0 aromatic rings. The number of thioether (sulfide) groups is 1. The van der Waals surface area contributed by atoms with Crippen LogP contribution in [-0.4, -0.2) is 6.61 Å². The van der Waals surface area contributed by atoms with E-state index in [4.69, 9.17) is 4.74 Å². The Morgan fingerprint density at radius 2 is 2.43 bits per heavy atom. The molecule has 0 amide bonds. The Kier molecular flexibility index (Phi) is 1.88. The van der Waals surface area contributed by atoms with E-state index >= 15 is 0 Å². The summed E-state index contributed by atoms with van der Waals surface area (Å²) in [7, 11) is 0. The average Bonchev–Trinajstić information content (AvgIpc) is 1.90. The van der Waals surface area contributed by atoms with Crippen molar-refractivity contribution in [2.75, 3.05) is 6.61 Å². The van der Waals surface area contributed by atoms with Crippen molar-refractivity contribution >= 4 is 11.8 Å². The first kappa shape index (κ1) is 4.78. The third kappa shape index (κ3) is 1.69. The van der Waals surface area contributed by atoms with Gasteiger partial charge >= 0.3 is 0 Å². The molecule has 0 fully saturated rings. The van der Waals surface area contributed by atoms with Crippen LogP contribution in [0.25, 0.3) is 0 Å². The standard InChI is InChI=1S/C5H6OS/c1-2-6-3-5-7-4-1/h1,3-5H,2H2. The Balaban J connectivity index is 2.38. The van der Waals surface area contributed by atoms with Crippen LogP contribution in [0.1, 0.15) is 0 Å². The molecule has 1 aliphatic heterocycles. The van der Waals surface area contributed by atoms with Gasteiger partial charge in [0, 0.05) is 5.41 Å². The Morgan fingerprint density at radius 1 is 1.43 bits per heavy atom. The molecule has 1 aliphatic rings. The van der Waals surface area contributed by atoms with Gasteiger partial charge in [-0.2, -0.15) is 0 Å². The maximum Gasteiger partial charge on any atom is 0.106 e. The van der Waals surface area contributed by atoms with Crippen LogP contribution in [0.5, 0.6) is 0 Å². The summed E-state index contributed by atoms with van der Waals surface area (Å²) < 4.78 is 4.91. The van der Waals surface area contributed by atoms with E-state index in [1.165, 1.54) is 0 Å². The minimum atomic E-state index is 0.712. The monoisotopic (exact) mass is 114 g/mol. The molecular formula is C5H6OS. The summed E-state index contributed by atoms with van der Waals surface area (Å²) in [6.07, 6.45) is 3.68. The van der Waals surface area contributed by atoms with Gasteiger partial charge in [0.25, 0.3) is 0 Å². The molecule has 7 heavy (non-hydrogen) atoms. The van der Waals surface area contributed by atoms with Gasteiger partial charge in [-0.15, -0.1) is 11.8 Å². The first-order valence-electron chi connectivity index (χ1n) is 2.07. The molecule has 1 nitrogen and oxygen atoms in total. The zero-order valence-electron chi connectivity index (χ0n) is 3.83. The first-order chi connectivity index (χ1) is 3.50. The summed E-state index contributed by atoms with van der Waals surface area (Å²) >= 11 is 1.63. The van der Waals surface area contributed by atoms with E-state index in [1.807, 2.05) is 16.9 Å². The van der Waals surface area contributed by atoms with Crippen molar-refractivity contribution in [3.05, 3.63) is 23.2 Å². The highest BCUT2D eigenvalue weighted by Crippen LogP contribution is 2.06. The van der Waals surface area contributed by atoms with Crippen molar-refractivity contribution < 1.29 is 4.74 Å². The second-order valence-electron chi connectivity index (χ2n) is 1.11. The summed E-state index contributed by atoms with van der Waals surface area (Å²) in [6.45, 7) is 0.712. The van der Waals surface area contributed by atoms with Gasteiger partial charge in [0.1, 0.15) is 6.61 Å². The van der Waals surface area contributed by atoms with Crippen molar-refractivity contribution in [1.82, 2.24) is 0 Å². The van der Waals surface area contributed by atoms with Crippen LogP contribution >= 0.6 is 11.8 Å². The molecule has 38 valence electrons. The summed E-state index contributed by atoms with van der Waals surface area (Å²) in [6, 6.07) is 0. The smallest absolute Gasteiger partial charge is 0.106 e. The van der Waals surface area contributed by atoms with Crippen LogP contribution < -0.4 is 0 Å². The highest BCUT2D eigenvalue weighted by molar-refractivity contribution is 8.04.